The molecule has 0 aromatic carbocycles. The third-order valence-corrected chi connectivity index (χ3v) is 2.20. The molecule has 0 fully saturated rings. The van der Waals surface area contributed by atoms with Crippen LogP contribution in [0.25, 0.3) is 10.9 Å². The van der Waals surface area contributed by atoms with Gasteiger partial charge in [0.2, 0.25) is 0 Å². The average molecular weight is 193 g/mol. The number of hydrogen-bond acceptors (Lipinski definition) is 3. The van der Waals surface area contributed by atoms with Crippen LogP contribution >= 0.6 is 12.6 Å². The molecule has 13 heavy (non-hydrogen) atoms. The van der Waals surface area contributed by atoms with E-state index in [1.165, 1.54) is 0 Å². The fourth-order valence-electron chi connectivity index (χ4n) is 1.34. The summed E-state index contributed by atoms with van der Waals surface area (Å²) in [6, 6.07) is 2.30. The zero-order chi connectivity index (χ0) is 9.42. The van der Waals surface area contributed by atoms with E-state index in [2.05, 4.69) is 36.6 Å². The molecule has 0 radical (unpaired) electrons. The van der Waals surface area contributed by atoms with Crippen molar-refractivity contribution in [3.63, 3.8) is 0 Å². The maximum absolute atomic E-state index is 4.28. The number of fused-ring (bicyclic) bond motifs is 1. The van der Waals surface area contributed by atoms with Gasteiger partial charge in [-0.3, -0.25) is 4.68 Å². The third-order valence-electron chi connectivity index (χ3n) is 1.95. The van der Waals surface area contributed by atoms with Gasteiger partial charge in [-0.05, 0) is 19.9 Å². The van der Waals surface area contributed by atoms with Gasteiger partial charge in [-0.15, -0.1) is 12.6 Å². The third kappa shape index (κ3) is 1.42. The topological polar surface area (TPSA) is 30.7 Å². The Morgan fingerprint density at radius 2 is 2.15 bits per heavy atom. The predicted octanol–water partition coefficient (Wildman–Crippen LogP) is 2.30. The van der Waals surface area contributed by atoms with Crippen LogP contribution < -0.4 is 0 Å². The minimum Gasteiger partial charge on any atom is -0.262 e. The Kier molecular flexibility index (Phi) is 2.00. The second-order valence-electron chi connectivity index (χ2n) is 3.28. The highest BCUT2D eigenvalue weighted by Gasteiger charge is 2.05. The standard InChI is InChI=1S/C9H11N3S/c1-6(2)12-8-3-9(13)10-4-7(8)5-11-12/h3-6H,1-2H3,(H,10,13). The largest absolute Gasteiger partial charge is 0.262 e. The summed E-state index contributed by atoms with van der Waals surface area (Å²) in [5.74, 6) is 0. The van der Waals surface area contributed by atoms with Gasteiger partial charge in [0, 0.05) is 17.6 Å². The first kappa shape index (κ1) is 8.56. The van der Waals surface area contributed by atoms with E-state index in [0.717, 1.165) is 15.9 Å². The number of rotatable bonds is 1. The molecule has 0 unspecified atom stereocenters. The van der Waals surface area contributed by atoms with Crippen LogP contribution in [-0.4, -0.2) is 14.8 Å². The molecule has 2 aromatic heterocycles. The lowest BCUT2D eigenvalue weighted by Crippen LogP contribution is -2.01. The van der Waals surface area contributed by atoms with Crippen LogP contribution in [0.5, 0.6) is 0 Å². The zero-order valence-corrected chi connectivity index (χ0v) is 8.49. The summed E-state index contributed by atoms with van der Waals surface area (Å²) in [4.78, 5) is 4.09. The van der Waals surface area contributed by atoms with Crippen molar-refractivity contribution in [2.45, 2.75) is 24.9 Å². The Balaban J connectivity index is 2.71. The Bertz CT molecular complexity index is 433. The van der Waals surface area contributed by atoms with E-state index in [1.54, 1.807) is 6.20 Å². The summed E-state index contributed by atoms with van der Waals surface area (Å²) in [6.45, 7) is 4.20. The summed E-state index contributed by atoms with van der Waals surface area (Å²) in [5.41, 5.74) is 1.09. The van der Waals surface area contributed by atoms with Crippen LogP contribution in [0.1, 0.15) is 19.9 Å². The van der Waals surface area contributed by atoms with Gasteiger partial charge < -0.3 is 0 Å². The van der Waals surface area contributed by atoms with Crippen LogP contribution in [-0.2, 0) is 0 Å². The van der Waals surface area contributed by atoms with E-state index in [1.807, 2.05) is 16.9 Å². The maximum Gasteiger partial charge on any atom is 0.0951 e. The molecule has 0 aliphatic carbocycles. The molecular formula is C9H11N3S. The van der Waals surface area contributed by atoms with Gasteiger partial charge in [0.15, 0.2) is 0 Å². The number of nitrogens with zero attached hydrogens (tertiary/aromatic N) is 3. The zero-order valence-electron chi connectivity index (χ0n) is 7.60. The summed E-state index contributed by atoms with van der Waals surface area (Å²) in [6.07, 6.45) is 3.62. The molecule has 2 rings (SSSR count). The lowest BCUT2D eigenvalue weighted by atomic mass is 10.3. The molecule has 68 valence electrons. The molecule has 0 atom stereocenters. The quantitative estimate of drug-likeness (QED) is 0.704. The molecule has 0 aliphatic rings. The number of thiol groups is 1. The van der Waals surface area contributed by atoms with Crippen molar-refractivity contribution in [2.75, 3.05) is 0 Å². The number of hydrogen-bond donors (Lipinski definition) is 1. The summed E-state index contributed by atoms with van der Waals surface area (Å²) >= 11 is 4.20. The van der Waals surface area contributed by atoms with Gasteiger partial charge in [-0.25, -0.2) is 4.98 Å². The maximum atomic E-state index is 4.28. The summed E-state index contributed by atoms with van der Waals surface area (Å²) in [7, 11) is 0. The van der Waals surface area contributed by atoms with Crippen molar-refractivity contribution in [2.24, 2.45) is 0 Å². The number of aromatic nitrogens is 3. The first-order chi connectivity index (χ1) is 6.18. The van der Waals surface area contributed by atoms with Crippen molar-refractivity contribution in [3.8, 4) is 0 Å². The van der Waals surface area contributed by atoms with Crippen LogP contribution in [0.15, 0.2) is 23.5 Å². The Morgan fingerprint density at radius 3 is 2.85 bits per heavy atom. The van der Waals surface area contributed by atoms with Gasteiger partial charge >= 0.3 is 0 Å². The summed E-state index contributed by atoms with van der Waals surface area (Å²) in [5, 5.41) is 6.07. The lowest BCUT2D eigenvalue weighted by Gasteiger charge is -2.06. The monoisotopic (exact) mass is 193 g/mol. The predicted molar refractivity (Wildman–Crippen MR) is 55.2 cm³/mol. The molecule has 3 nitrogen and oxygen atoms in total. The van der Waals surface area contributed by atoms with Crippen LogP contribution in [0.2, 0.25) is 0 Å². The molecule has 0 amide bonds. The van der Waals surface area contributed by atoms with Crippen molar-refractivity contribution in [1.82, 2.24) is 14.8 Å². The highest BCUT2D eigenvalue weighted by Crippen LogP contribution is 2.18. The Labute approximate surface area is 82.2 Å². The highest BCUT2D eigenvalue weighted by atomic mass is 32.1. The van der Waals surface area contributed by atoms with Crippen molar-refractivity contribution in [1.29, 1.82) is 0 Å². The number of pyridine rings is 1. The van der Waals surface area contributed by atoms with E-state index < -0.39 is 0 Å². The van der Waals surface area contributed by atoms with E-state index >= 15 is 0 Å². The van der Waals surface area contributed by atoms with E-state index in [0.29, 0.717) is 6.04 Å². The smallest absolute Gasteiger partial charge is 0.0951 e. The van der Waals surface area contributed by atoms with E-state index in [9.17, 15) is 0 Å². The molecule has 2 aromatic rings. The van der Waals surface area contributed by atoms with Gasteiger partial charge in [-0.2, -0.15) is 5.10 Å². The second-order valence-corrected chi connectivity index (χ2v) is 3.74. The van der Waals surface area contributed by atoms with Gasteiger partial charge in [0.05, 0.1) is 16.7 Å². The first-order valence-corrected chi connectivity index (χ1v) is 4.65. The molecule has 0 spiro atoms. The normalized spacial score (nSPS) is 11.4. The SMILES string of the molecule is CC(C)n1ncc2cnc(S)cc21. The van der Waals surface area contributed by atoms with Gasteiger partial charge in [-0.1, -0.05) is 0 Å². The fraction of sp³-hybridized carbons (Fsp3) is 0.333. The molecule has 0 saturated heterocycles. The first-order valence-electron chi connectivity index (χ1n) is 4.20. The van der Waals surface area contributed by atoms with Crippen LogP contribution in [0.4, 0.5) is 0 Å². The fourth-order valence-corrected chi connectivity index (χ4v) is 1.52. The minimum atomic E-state index is 0.368. The Morgan fingerprint density at radius 1 is 1.38 bits per heavy atom. The van der Waals surface area contributed by atoms with E-state index in [-0.39, 0.29) is 0 Å². The van der Waals surface area contributed by atoms with Gasteiger partial charge in [0.1, 0.15) is 0 Å². The van der Waals surface area contributed by atoms with Crippen molar-refractivity contribution >= 4 is 23.5 Å². The molecule has 0 saturated carbocycles. The highest BCUT2D eigenvalue weighted by molar-refractivity contribution is 7.80. The molecule has 0 N–H and O–H groups in total. The van der Waals surface area contributed by atoms with Crippen molar-refractivity contribution < 1.29 is 0 Å². The van der Waals surface area contributed by atoms with Gasteiger partial charge in [0.25, 0.3) is 0 Å². The molecular weight excluding hydrogens is 182 g/mol. The Hall–Kier alpha value is -1.03. The molecule has 4 heteroatoms. The minimum absolute atomic E-state index is 0.368. The molecule has 0 bridgehead atoms. The van der Waals surface area contributed by atoms with Crippen molar-refractivity contribution in [3.05, 3.63) is 18.5 Å². The van der Waals surface area contributed by atoms with Crippen LogP contribution in [0.3, 0.4) is 0 Å². The molecule has 2 heterocycles. The molecule has 0 aliphatic heterocycles. The van der Waals surface area contributed by atoms with E-state index in [4.69, 9.17) is 0 Å². The van der Waals surface area contributed by atoms with Crippen LogP contribution in [0, 0.1) is 0 Å². The average Bonchev–Trinajstić information content (AvgIpc) is 2.46. The lowest BCUT2D eigenvalue weighted by molar-refractivity contribution is 0.550. The summed E-state index contributed by atoms with van der Waals surface area (Å²) < 4.78 is 1.97. The second kappa shape index (κ2) is 3.03.